The summed E-state index contributed by atoms with van der Waals surface area (Å²) in [6.07, 6.45) is 0. The van der Waals surface area contributed by atoms with Gasteiger partial charge >= 0.3 is 0 Å². The van der Waals surface area contributed by atoms with E-state index in [1.54, 1.807) is 39.7 Å². The fraction of sp³-hybridized carbons (Fsp3) is 0.450. The number of guanidine groups is 1. The zero-order chi connectivity index (χ0) is 19.9. The van der Waals surface area contributed by atoms with Gasteiger partial charge in [0.1, 0.15) is 0 Å². The molecule has 1 aromatic carbocycles. The van der Waals surface area contributed by atoms with Crippen LogP contribution in [0, 0.1) is 0 Å². The standard InChI is InChI=1S/C20H29N3O3S.HI/c1-20(2,17-8-7-9-27-17)13-23-19(21-3)22-12-14-10-15(24-4)18(26-6)16(11-14)25-5;/h7-11H,12-13H2,1-6H3,(H2,21,22,23);1H. The Labute approximate surface area is 188 Å². The van der Waals surface area contributed by atoms with E-state index in [1.165, 1.54) is 4.88 Å². The van der Waals surface area contributed by atoms with Crippen molar-refractivity contribution in [1.82, 2.24) is 10.6 Å². The van der Waals surface area contributed by atoms with Gasteiger partial charge in [-0.05, 0) is 29.1 Å². The first-order valence-electron chi connectivity index (χ1n) is 8.72. The second-order valence-corrected chi connectivity index (χ2v) is 7.62. The number of rotatable bonds is 8. The van der Waals surface area contributed by atoms with Crippen molar-refractivity contribution in [2.45, 2.75) is 25.8 Å². The molecule has 0 saturated carbocycles. The topological polar surface area (TPSA) is 64.1 Å². The Morgan fingerprint density at radius 1 is 1.07 bits per heavy atom. The van der Waals surface area contributed by atoms with Crippen molar-refractivity contribution in [3.05, 3.63) is 40.1 Å². The molecular formula is C20H30IN3O3S. The van der Waals surface area contributed by atoms with E-state index in [9.17, 15) is 0 Å². The molecule has 0 fully saturated rings. The Morgan fingerprint density at radius 2 is 1.71 bits per heavy atom. The van der Waals surface area contributed by atoms with Gasteiger partial charge in [0.25, 0.3) is 0 Å². The van der Waals surface area contributed by atoms with E-state index in [0.717, 1.165) is 18.1 Å². The fourth-order valence-corrected chi connectivity index (χ4v) is 3.55. The van der Waals surface area contributed by atoms with Gasteiger partial charge in [-0.25, -0.2) is 0 Å². The molecule has 0 spiro atoms. The van der Waals surface area contributed by atoms with Crippen LogP contribution in [0.4, 0.5) is 0 Å². The molecule has 0 aliphatic rings. The molecule has 2 N–H and O–H groups in total. The SMILES string of the molecule is CN=C(NCc1cc(OC)c(OC)c(OC)c1)NCC(C)(C)c1cccs1.I. The summed E-state index contributed by atoms with van der Waals surface area (Å²) < 4.78 is 16.2. The zero-order valence-corrected chi connectivity index (χ0v) is 20.4. The van der Waals surface area contributed by atoms with Gasteiger partial charge in [0.05, 0.1) is 21.3 Å². The summed E-state index contributed by atoms with van der Waals surface area (Å²) in [6, 6.07) is 8.10. The highest BCUT2D eigenvalue weighted by Gasteiger charge is 2.22. The molecule has 2 rings (SSSR count). The molecule has 2 aromatic rings. The average molecular weight is 519 g/mol. The first-order valence-corrected chi connectivity index (χ1v) is 9.60. The maximum Gasteiger partial charge on any atom is 0.203 e. The molecular weight excluding hydrogens is 489 g/mol. The van der Waals surface area contributed by atoms with Gasteiger partial charge in [0.15, 0.2) is 17.5 Å². The van der Waals surface area contributed by atoms with E-state index in [-0.39, 0.29) is 29.4 Å². The number of hydrogen-bond acceptors (Lipinski definition) is 5. The van der Waals surface area contributed by atoms with Gasteiger partial charge in [-0.15, -0.1) is 35.3 Å². The first kappa shape index (κ1) is 24.4. The quantitative estimate of drug-likeness (QED) is 0.313. The molecule has 28 heavy (non-hydrogen) atoms. The molecule has 0 bridgehead atoms. The van der Waals surface area contributed by atoms with E-state index in [1.807, 2.05) is 12.1 Å². The minimum absolute atomic E-state index is 0. The summed E-state index contributed by atoms with van der Waals surface area (Å²) in [5.74, 6) is 2.60. The molecule has 0 unspecified atom stereocenters. The number of thiophene rings is 1. The van der Waals surface area contributed by atoms with Crippen LogP contribution in [0.1, 0.15) is 24.3 Å². The molecule has 0 aliphatic heterocycles. The highest BCUT2D eigenvalue weighted by molar-refractivity contribution is 14.0. The molecule has 1 aromatic heterocycles. The lowest BCUT2D eigenvalue weighted by Crippen LogP contribution is -2.42. The van der Waals surface area contributed by atoms with Crippen LogP contribution in [-0.4, -0.2) is 40.9 Å². The second kappa shape index (κ2) is 11.4. The van der Waals surface area contributed by atoms with Gasteiger partial charge in [-0.3, -0.25) is 4.99 Å². The summed E-state index contributed by atoms with van der Waals surface area (Å²) in [7, 11) is 6.59. The van der Waals surface area contributed by atoms with E-state index in [2.05, 4.69) is 47.0 Å². The molecule has 0 atom stereocenters. The third-order valence-corrected chi connectivity index (χ3v) is 5.53. The summed E-state index contributed by atoms with van der Waals surface area (Å²) >= 11 is 1.77. The monoisotopic (exact) mass is 519 g/mol. The average Bonchev–Trinajstić information content (AvgIpc) is 3.23. The zero-order valence-electron chi connectivity index (χ0n) is 17.3. The molecule has 8 heteroatoms. The number of ether oxygens (including phenoxy) is 3. The number of benzene rings is 1. The minimum Gasteiger partial charge on any atom is -0.493 e. The Morgan fingerprint density at radius 3 is 2.18 bits per heavy atom. The van der Waals surface area contributed by atoms with Gasteiger partial charge in [0, 0.05) is 30.4 Å². The number of hydrogen-bond donors (Lipinski definition) is 2. The smallest absolute Gasteiger partial charge is 0.203 e. The summed E-state index contributed by atoms with van der Waals surface area (Å²) in [5, 5.41) is 8.85. The molecule has 156 valence electrons. The predicted molar refractivity (Wildman–Crippen MR) is 127 cm³/mol. The molecule has 0 aliphatic carbocycles. The van der Waals surface area contributed by atoms with Crippen LogP contribution in [0.3, 0.4) is 0 Å². The van der Waals surface area contributed by atoms with Crippen molar-refractivity contribution in [2.24, 2.45) is 4.99 Å². The number of aliphatic imine (C=N–C) groups is 1. The highest BCUT2D eigenvalue weighted by atomic mass is 127. The second-order valence-electron chi connectivity index (χ2n) is 6.67. The van der Waals surface area contributed by atoms with Gasteiger partial charge in [-0.1, -0.05) is 19.9 Å². The number of halogens is 1. The summed E-state index contributed by atoms with van der Waals surface area (Å²) in [4.78, 5) is 5.66. The van der Waals surface area contributed by atoms with Gasteiger partial charge in [0.2, 0.25) is 5.75 Å². The Balaban J connectivity index is 0.00000392. The van der Waals surface area contributed by atoms with Crippen LogP contribution in [0.25, 0.3) is 0 Å². The van der Waals surface area contributed by atoms with E-state index >= 15 is 0 Å². The highest BCUT2D eigenvalue weighted by Crippen LogP contribution is 2.38. The molecule has 0 amide bonds. The lowest BCUT2D eigenvalue weighted by molar-refractivity contribution is 0.323. The van der Waals surface area contributed by atoms with E-state index in [0.29, 0.717) is 23.8 Å². The maximum absolute atomic E-state index is 5.41. The fourth-order valence-electron chi connectivity index (χ4n) is 2.70. The van der Waals surface area contributed by atoms with Crippen molar-refractivity contribution in [3.8, 4) is 17.2 Å². The van der Waals surface area contributed by atoms with E-state index in [4.69, 9.17) is 14.2 Å². The molecule has 0 radical (unpaired) electrons. The van der Waals surface area contributed by atoms with E-state index < -0.39 is 0 Å². The van der Waals surface area contributed by atoms with Crippen molar-refractivity contribution in [1.29, 1.82) is 0 Å². The van der Waals surface area contributed by atoms with Crippen molar-refractivity contribution in [2.75, 3.05) is 34.9 Å². The van der Waals surface area contributed by atoms with Crippen LogP contribution in [-0.2, 0) is 12.0 Å². The molecule has 1 heterocycles. The maximum atomic E-state index is 5.41. The Kier molecular flexibility index (Phi) is 9.88. The van der Waals surface area contributed by atoms with Gasteiger partial charge < -0.3 is 24.8 Å². The third-order valence-electron chi connectivity index (χ3n) is 4.29. The minimum atomic E-state index is 0. The van der Waals surface area contributed by atoms with Crippen LogP contribution in [0.5, 0.6) is 17.2 Å². The predicted octanol–water partition coefficient (Wildman–Crippen LogP) is 4.03. The van der Waals surface area contributed by atoms with Crippen molar-refractivity contribution >= 4 is 41.3 Å². The lowest BCUT2D eigenvalue weighted by atomic mass is 9.91. The first-order chi connectivity index (χ1) is 12.9. The number of nitrogens with zero attached hydrogens (tertiary/aromatic N) is 1. The number of methoxy groups -OCH3 is 3. The molecule has 0 saturated heterocycles. The van der Waals surface area contributed by atoms with Crippen molar-refractivity contribution < 1.29 is 14.2 Å². The van der Waals surface area contributed by atoms with Crippen LogP contribution < -0.4 is 24.8 Å². The largest absolute Gasteiger partial charge is 0.493 e. The lowest BCUT2D eigenvalue weighted by Gasteiger charge is -2.25. The summed E-state index contributed by atoms with van der Waals surface area (Å²) in [5.41, 5.74) is 1.03. The normalized spacial score (nSPS) is 11.4. The number of nitrogens with one attached hydrogen (secondary N) is 2. The van der Waals surface area contributed by atoms with Crippen LogP contribution in [0.15, 0.2) is 34.6 Å². The van der Waals surface area contributed by atoms with Gasteiger partial charge in [-0.2, -0.15) is 0 Å². The Hall–Kier alpha value is -1.68. The summed E-state index contributed by atoms with van der Waals surface area (Å²) in [6.45, 7) is 5.80. The Bertz CT molecular complexity index is 739. The molecule has 6 nitrogen and oxygen atoms in total. The van der Waals surface area contributed by atoms with Crippen LogP contribution in [0.2, 0.25) is 0 Å². The van der Waals surface area contributed by atoms with Crippen LogP contribution >= 0.6 is 35.3 Å². The van der Waals surface area contributed by atoms with Crippen molar-refractivity contribution in [3.63, 3.8) is 0 Å². The third kappa shape index (κ3) is 6.16.